The molecule has 154 valence electrons. The lowest BCUT2D eigenvalue weighted by Crippen LogP contribution is -2.45. The Bertz CT molecular complexity index is 962. The standard InChI is InChI=1S/C18H28N6O3S/c1-5-24-13(2)16(10-21-24)9-19-18(25)15-7-6-8-23(12-15)28(26,27)17-11-20-22(4)14(17)3/h10-11,15H,5-9,12H2,1-4H3,(H,19,25). The van der Waals surface area contributed by atoms with E-state index in [2.05, 4.69) is 15.5 Å². The third-order valence-electron chi connectivity index (χ3n) is 5.52. The number of rotatable bonds is 6. The SMILES string of the molecule is CCn1ncc(CNC(=O)C2CCCN(S(=O)(=O)c3cnn(C)c3C)C2)c1C. The number of aryl methyl sites for hydroxylation is 2. The third-order valence-corrected chi connectivity index (χ3v) is 7.49. The number of carbonyl (C=O) groups excluding carboxylic acids is 1. The predicted molar refractivity (Wildman–Crippen MR) is 104 cm³/mol. The summed E-state index contributed by atoms with van der Waals surface area (Å²) in [7, 11) is -1.94. The number of hydrogen-bond donors (Lipinski definition) is 1. The maximum Gasteiger partial charge on any atom is 0.246 e. The van der Waals surface area contributed by atoms with E-state index in [0.717, 1.165) is 17.8 Å². The Balaban J connectivity index is 1.66. The molecule has 0 aromatic carbocycles. The van der Waals surface area contributed by atoms with Gasteiger partial charge in [-0.2, -0.15) is 14.5 Å². The van der Waals surface area contributed by atoms with E-state index in [-0.39, 0.29) is 23.3 Å². The highest BCUT2D eigenvalue weighted by molar-refractivity contribution is 7.89. The lowest BCUT2D eigenvalue weighted by atomic mass is 9.99. The first-order chi connectivity index (χ1) is 13.3. The average molecular weight is 409 g/mol. The van der Waals surface area contributed by atoms with Gasteiger partial charge in [0.15, 0.2) is 0 Å². The van der Waals surface area contributed by atoms with E-state index in [1.807, 2.05) is 18.5 Å². The summed E-state index contributed by atoms with van der Waals surface area (Å²) in [5, 5.41) is 11.3. The van der Waals surface area contributed by atoms with Crippen molar-refractivity contribution >= 4 is 15.9 Å². The summed E-state index contributed by atoms with van der Waals surface area (Å²) in [6, 6.07) is 0. The normalized spacial score (nSPS) is 18.4. The van der Waals surface area contributed by atoms with E-state index >= 15 is 0 Å². The molecule has 1 aliphatic heterocycles. The summed E-state index contributed by atoms with van der Waals surface area (Å²) < 4.78 is 30.8. The van der Waals surface area contributed by atoms with Crippen LogP contribution in [0.15, 0.2) is 17.3 Å². The zero-order valence-corrected chi connectivity index (χ0v) is 17.7. The predicted octanol–water partition coefficient (Wildman–Crippen LogP) is 0.970. The largest absolute Gasteiger partial charge is 0.352 e. The third kappa shape index (κ3) is 3.83. The van der Waals surface area contributed by atoms with Crippen molar-refractivity contribution in [3.05, 3.63) is 29.3 Å². The Morgan fingerprint density at radius 1 is 1.25 bits per heavy atom. The van der Waals surface area contributed by atoms with Gasteiger partial charge in [-0.05, 0) is 33.6 Å². The lowest BCUT2D eigenvalue weighted by Gasteiger charge is -2.31. The Kier molecular flexibility index (Phi) is 5.90. The molecule has 1 aliphatic rings. The molecular formula is C18H28N6O3S. The minimum atomic E-state index is -3.66. The van der Waals surface area contributed by atoms with Crippen molar-refractivity contribution in [3.8, 4) is 0 Å². The fourth-order valence-electron chi connectivity index (χ4n) is 3.55. The molecule has 1 saturated heterocycles. The van der Waals surface area contributed by atoms with Crippen molar-refractivity contribution in [1.29, 1.82) is 0 Å². The summed E-state index contributed by atoms with van der Waals surface area (Å²) >= 11 is 0. The van der Waals surface area contributed by atoms with Crippen molar-refractivity contribution in [2.75, 3.05) is 13.1 Å². The van der Waals surface area contributed by atoms with Crippen LogP contribution < -0.4 is 5.32 Å². The Hall–Kier alpha value is -2.20. The molecular weight excluding hydrogens is 380 g/mol. The van der Waals surface area contributed by atoms with Gasteiger partial charge in [0, 0.05) is 44.5 Å². The number of nitrogens with one attached hydrogen (secondary N) is 1. The highest BCUT2D eigenvalue weighted by Gasteiger charge is 2.34. The van der Waals surface area contributed by atoms with Gasteiger partial charge in [-0.15, -0.1) is 0 Å². The number of piperidine rings is 1. The fraction of sp³-hybridized carbons (Fsp3) is 0.611. The molecule has 0 radical (unpaired) electrons. The van der Waals surface area contributed by atoms with E-state index in [1.165, 1.54) is 10.5 Å². The van der Waals surface area contributed by atoms with Crippen LogP contribution in [0.5, 0.6) is 0 Å². The molecule has 0 saturated carbocycles. The molecule has 9 nitrogen and oxygen atoms in total. The van der Waals surface area contributed by atoms with Crippen molar-refractivity contribution in [1.82, 2.24) is 29.2 Å². The summed E-state index contributed by atoms with van der Waals surface area (Å²) in [5.74, 6) is -0.478. The highest BCUT2D eigenvalue weighted by Crippen LogP contribution is 2.25. The summed E-state index contributed by atoms with van der Waals surface area (Å²) in [6.07, 6.45) is 4.48. The van der Waals surface area contributed by atoms with E-state index in [0.29, 0.717) is 31.6 Å². The maximum absolute atomic E-state index is 13.0. The second kappa shape index (κ2) is 8.04. The number of carbonyl (C=O) groups is 1. The summed E-state index contributed by atoms with van der Waals surface area (Å²) in [6.45, 7) is 7.51. The molecule has 0 spiro atoms. The van der Waals surface area contributed by atoms with Gasteiger partial charge in [0.05, 0.1) is 24.0 Å². The van der Waals surface area contributed by atoms with Crippen molar-refractivity contribution < 1.29 is 13.2 Å². The highest BCUT2D eigenvalue weighted by atomic mass is 32.2. The molecule has 3 heterocycles. The molecule has 0 aliphatic carbocycles. The van der Waals surface area contributed by atoms with Crippen LogP contribution in [0.3, 0.4) is 0 Å². The zero-order chi connectivity index (χ0) is 20.5. The molecule has 1 unspecified atom stereocenters. The van der Waals surface area contributed by atoms with E-state index in [9.17, 15) is 13.2 Å². The van der Waals surface area contributed by atoms with Gasteiger partial charge in [0.2, 0.25) is 15.9 Å². The van der Waals surface area contributed by atoms with Crippen LogP contribution in [-0.4, -0.2) is 51.3 Å². The first-order valence-corrected chi connectivity index (χ1v) is 11.0. The monoisotopic (exact) mass is 408 g/mol. The minimum absolute atomic E-state index is 0.119. The first-order valence-electron chi connectivity index (χ1n) is 9.53. The Morgan fingerprint density at radius 2 is 2.00 bits per heavy atom. The molecule has 1 N–H and O–H groups in total. The first kappa shape index (κ1) is 20.5. The van der Waals surface area contributed by atoms with Crippen LogP contribution in [0, 0.1) is 19.8 Å². The smallest absolute Gasteiger partial charge is 0.246 e. The van der Waals surface area contributed by atoms with Crippen molar-refractivity contribution in [2.24, 2.45) is 13.0 Å². The number of sulfonamides is 1. The maximum atomic E-state index is 13.0. The molecule has 2 aromatic rings. The molecule has 10 heteroatoms. The molecule has 1 amide bonds. The van der Waals surface area contributed by atoms with Gasteiger partial charge in [-0.1, -0.05) is 0 Å². The summed E-state index contributed by atoms with van der Waals surface area (Å²) in [4.78, 5) is 12.9. The number of nitrogens with zero attached hydrogens (tertiary/aromatic N) is 5. The molecule has 1 atom stereocenters. The van der Waals surface area contributed by atoms with Crippen LogP contribution in [0.25, 0.3) is 0 Å². The number of amides is 1. The van der Waals surface area contributed by atoms with Gasteiger partial charge in [0.1, 0.15) is 4.90 Å². The lowest BCUT2D eigenvalue weighted by molar-refractivity contribution is -0.126. The average Bonchev–Trinajstić information content (AvgIpc) is 3.22. The van der Waals surface area contributed by atoms with Gasteiger partial charge in [-0.25, -0.2) is 8.42 Å². The molecule has 3 rings (SSSR count). The summed E-state index contributed by atoms with van der Waals surface area (Å²) in [5.41, 5.74) is 2.60. The van der Waals surface area contributed by atoms with Crippen LogP contribution in [0.1, 0.15) is 36.7 Å². The van der Waals surface area contributed by atoms with Crippen LogP contribution in [-0.2, 0) is 35.0 Å². The van der Waals surface area contributed by atoms with Crippen LogP contribution in [0.2, 0.25) is 0 Å². The van der Waals surface area contributed by atoms with Crippen LogP contribution >= 0.6 is 0 Å². The van der Waals surface area contributed by atoms with Crippen LogP contribution in [0.4, 0.5) is 0 Å². The van der Waals surface area contributed by atoms with E-state index in [1.54, 1.807) is 24.9 Å². The van der Waals surface area contributed by atoms with E-state index in [4.69, 9.17) is 0 Å². The molecule has 28 heavy (non-hydrogen) atoms. The molecule has 1 fully saturated rings. The van der Waals surface area contributed by atoms with Crippen molar-refractivity contribution in [2.45, 2.75) is 51.6 Å². The van der Waals surface area contributed by atoms with Gasteiger partial charge >= 0.3 is 0 Å². The number of hydrogen-bond acceptors (Lipinski definition) is 5. The zero-order valence-electron chi connectivity index (χ0n) is 16.8. The van der Waals surface area contributed by atoms with Crippen molar-refractivity contribution in [3.63, 3.8) is 0 Å². The van der Waals surface area contributed by atoms with E-state index < -0.39 is 10.0 Å². The van der Waals surface area contributed by atoms with Gasteiger partial charge in [0.25, 0.3) is 0 Å². The minimum Gasteiger partial charge on any atom is -0.352 e. The molecule has 2 aromatic heterocycles. The topological polar surface area (TPSA) is 102 Å². The van der Waals surface area contributed by atoms with Gasteiger partial charge in [-0.3, -0.25) is 14.2 Å². The Labute approximate surface area is 165 Å². The van der Waals surface area contributed by atoms with Gasteiger partial charge < -0.3 is 5.32 Å². The Morgan fingerprint density at radius 3 is 2.61 bits per heavy atom. The quantitative estimate of drug-likeness (QED) is 0.767. The second-order valence-electron chi connectivity index (χ2n) is 7.21. The number of aromatic nitrogens is 4. The molecule has 0 bridgehead atoms. The second-order valence-corrected chi connectivity index (χ2v) is 9.12. The fourth-order valence-corrected chi connectivity index (χ4v) is 5.26.